The molecule has 0 radical (unpaired) electrons. The van der Waals surface area contributed by atoms with Crippen molar-refractivity contribution in [3.63, 3.8) is 0 Å². The van der Waals surface area contributed by atoms with E-state index in [1.54, 1.807) is 0 Å². The third kappa shape index (κ3) is 4.89. The summed E-state index contributed by atoms with van der Waals surface area (Å²) in [5.74, 6) is 0.542. The van der Waals surface area contributed by atoms with E-state index >= 15 is 0 Å². The minimum absolute atomic E-state index is 0.0891. The van der Waals surface area contributed by atoms with Gasteiger partial charge in [0.15, 0.2) is 0 Å². The van der Waals surface area contributed by atoms with Crippen LogP contribution >= 0.6 is 0 Å². The maximum Gasteiger partial charge on any atom is 0.251 e. The molecule has 0 spiro atoms. The van der Waals surface area contributed by atoms with Crippen LogP contribution in [-0.4, -0.2) is 43.5 Å². The van der Waals surface area contributed by atoms with E-state index in [0.29, 0.717) is 5.92 Å². The summed E-state index contributed by atoms with van der Waals surface area (Å²) in [4.78, 5) is 1.89. The van der Waals surface area contributed by atoms with Crippen molar-refractivity contribution in [2.75, 3.05) is 26.2 Å². The Balaban J connectivity index is 2.35. The van der Waals surface area contributed by atoms with E-state index in [2.05, 4.69) is 5.32 Å². The fraction of sp³-hybridized carbons (Fsp3) is 1.00. The van der Waals surface area contributed by atoms with E-state index in [-0.39, 0.29) is 12.6 Å². The Morgan fingerprint density at radius 2 is 2.13 bits per heavy atom. The molecule has 0 saturated carbocycles. The van der Waals surface area contributed by atoms with Gasteiger partial charge in [0.25, 0.3) is 6.43 Å². The summed E-state index contributed by atoms with van der Waals surface area (Å²) in [5.41, 5.74) is 0. The molecule has 1 aliphatic heterocycles. The summed E-state index contributed by atoms with van der Waals surface area (Å²) < 4.78 is 24.7. The second-order valence-corrected chi connectivity index (χ2v) is 4.65. The zero-order chi connectivity index (χ0) is 11.3. The maximum absolute atomic E-state index is 12.3. The summed E-state index contributed by atoms with van der Waals surface area (Å²) >= 11 is 0. The van der Waals surface area contributed by atoms with Gasteiger partial charge in [0.05, 0.1) is 6.54 Å². The fourth-order valence-electron chi connectivity index (χ4n) is 2.08. The van der Waals surface area contributed by atoms with E-state index in [9.17, 15) is 8.78 Å². The molecule has 1 rings (SSSR count). The minimum Gasteiger partial charge on any atom is -0.316 e. The van der Waals surface area contributed by atoms with Gasteiger partial charge in [-0.1, -0.05) is 0 Å². The van der Waals surface area contributed by atoms with Crippen LogP contribution in [0.2, 0.25) is 0 Å². The Hall–Kier alpha value is -0.220. The van der Waals surface area contributed by atoms with E-state index < -0.39 is 6.43 Å². The number of piperidine rings is 1. The number of hydrogen-bond acceptors (Lipinski definition) is 2. The molecule has 90 valence electrons. The highest BCUT2D eigenvalue weighted by atomic mass is 19.3. The lowest BCUT2D eigenvalue weighted by Gasteiger charge is -2.32. The van der Waals surface area contributed by atoms with Gasteiger partial charge in [0.1, 0.15) is 0 Å². The average molecular weight is 220 g/mol. The van der Waals surface area contributed by atoms with Gasteiger partial charge in [-0.2, -0.15) is 0 Å². The Kier molecular flexibility index (Phi) is 5.47. The molecule has 1 fully saturated rings. The quantitative estimate of drug-likeness (QED) is 0.762. The van der Waals surface area contributed by atoms with Crippen LogP contribution in [0.1, 0.15) is 26.7 Å². The fourth-order valence-corrected chi connectivity index (χ4v) is 2.08. The van der Waals surface area contributed by atoms with Crippen molar-refractivity contribution in [2.24, 2.45) is 5.92 Å². The Morgan fingerprint density at radius 3 is 2.60 bits per heavy atom. The highest BCUT2D eigenvalue weighted by molar-refractivity contribution is 4.75. The number of nitrogens with one attached hydrogen (secondary N) is 1. The molecule has 0 bridgehead atoms. The molecule has 1 atom stereocenters. The summed E-state index contributed by atoms with van der Waals surface area (Å²) in [5, 5.41) is 3.32. The van der Waals surface area contributed by atoms with Gasteiger partial charge in [-0.3, -0.25) is 4.90 Å². The van der Waals surface area contributed by atoms with E-state index in [0.717, 1.165) is 19.6 Å². The smallest absolute Gasteiger partial charge is 0.251 e. The van der Waals surface area contributed by atoms with Crippen LogP contribution < -0.4 is 5.32 Å². The van der Waals surface area contributed by atoms with Gasteiger partial charge in [0.2, 0.25) is 0 Å². The van der Waals surface area contributed by atoms with Crippen LogP contribution in [0.5, 0.6) is 0 Å². The molecule has 1 heterocycles. The molecular formula is C11H22F2N2. The molecule has 0 aliphatic carbocycles. The lowest BCUT2D eigenvalue weighted by atomic mass is 9.98. The molecule has 0 amide bonds. The first-order valence-corrected chi connectivity index (χ1v) is 5.82. The standard InChI is InChI=1S/C11H22F2N2/c1-9(2)15(8-11(12)13)7-10-4-3-5-14-6-10/h9-11,14H,3-8H2,1-2H3. The van der Waals surface area contributed by atoms with Crippen LogP contribution in [0.3, 0.4) is 0 Å². The van der Waals surface area contributed by atoms with Crippen LogP contribution in [-0.2, 0) is 0 Å². The molecule has 4 heteroatoms. The molecule has 2 nitrogen and oxygen atoms in total. The monoisotopic (exact) mass is 220 g/mol. The van der Waals surface area contributed by atoms with Crippen molar-refractivity contribution in [3.8, 4) is 0 Å². The predicted octanol–water partition coefficient (Wildman–Crippen LogP) is 1.96. The summed E-state index contributed by atoms with van der Waals surface area (Å²) in [7, 11) is 0. The van der Waals surface area contributed by atoms with Crippen molar-refractivity contribution in [2.45, 2.75) is 39.2 Å². The van der Waals surface area contributed by atoms with Crippen molar-refractivity contribution in [1.82, 2.24) is 10.2 Å². The SMILES string of the molecule is CC(C)N(CC(F)F)CC1CCCNC1. The third-order valence-corrected chi connectivity index (χ3v) is 2.99. The number of alkyl halides is 2. The molecule has 1 saturated heterocycles. The van der Waals surface area contributed by atoms with Gasteiger partial charge in [0, 0.05) is 12.6 Å². The Labute approximate surface area is 91.0 Å². The van der Waals surface area contributed by atoms with Gasteiger partial charge in [-0.05, 0) is 45.7 Å². The average Bonchev–Trinajstić information content (AvgIpc) is 2.17. The lowest BCUT2D eigenvalue weighted by molar-refractivity contribution is 0.0611. The molecule has 0 aromatic carbocycles. The molecule has 15 heavy (non-hydrogen) atoms. The summed E-state index contributed by atoms with van der Waals surface area (Å²) in [6.07, 6.45) is 0.119. The summed E-state index contributed by atoms with van der Waals surface area (Å²) in [6, 6.07) is 0.209. The van der Waals surface area contributed by atoms with Crippen LogP contribution in [0.4, 0.5) is 8.78 Å². The lowest BCUT2D eigenvalue weighted by Crippen LogP contribution is -2.43. The molecule has 0 aromatic heterocycles. The normalized spacial score (nSPS) is 23.0. The number of hydrogen-bond donors (Lipinski definition) is 1. The second-order valence-electron chi connectivity index (χ2n) is 4.65. The van der Waals surface area contributed by atoms with Gasteiger partial charge >= 0.3 is 0 Å². The van der Waals surface area contributed by atoms with Gasteiger partial charge < -0.3 is 5.32 Å². The topological polar surface area (TPSA) is 15.3 Å². The predicted molar refractivity (Wildman–Crippen MR) is 58.3 cm³/mol. The number of rotatable bonds is 5. The first kappa shape index (κ1) is 12.8. The first-order chi connectivity index (χ1) is 7.09. The van der Waals surface area contributed by atoms with Crippen LogP contribution in [0, 0.1) is 5.92 Å². The third-order valence-electron chi connectivity index (χ3n) is 2.99. The zero-order valence-corrected chi connectivity index (χ0v) is 9.68. The molecule has 1 unspecified atom stereocenters. The molecule has 1 N–H and O–H groups in total. The van der Waals surface area contributed by atoms with Crippen molar-refractivity contribution in [1.29, 1.82) is 0 Å². The molecule has 0 aromatic rings. The minimum atomic E-state index is -2.22. The molecular weight excluding hydrogens is 198 g/mol. The highest BCUT2D eigenvalue weighted by Gasteiger charge is 2.21. The highest BCUT2D eigenvalue weighted by Crippen LogP contribution is 2.14. The zero-order valence-electron chi connectivity index (χ0n) is 9.68. The van der Waals surface area contributed by atoms with Crippen molar-refractivity contribution >= 4 is 0 Å². The van der Waals surface area contributed by atoms with Gasteiger partial charge in [-0.25, -0.2) is 8.78 Å². The second kappa shape index (κ2) is 6.38. The maximum atomic E-state index is 12.3. The van der Waals surface area contributed by atoms with Crippen LogP contribution in [0.25, 0.3) is 0 Å². The van der Waals surface area contributed by atoms with E-state index in [1.165, 1.54) is 12.8 Å². The van der Waals surface area contributed by atoms with Crippen molar-refractivity contribution in [3.05, 3.63) is 0 Å². The number of halogens is 2. The summed E-state index contributed by atoms with van der Waals surface area (Å²) in [6.45, 7) is 6.74. The van der Waals surface area contributed by atoms with E-state index in [4.69, 9.17) is 0 Å². The Bertz CT molecular complexity index is 168. The molecule has 1 aliphatic rings. The van der Waals surface area contributed by atoms with Crippen LogP contribution in [0.15, 0.2) is 0 Å². The van der Waals surface area contributed by atoms with E-state index in [1.807, 2.05) is 18.7 Å². The first-order valence-electron chi connectivity index (χ1n) is 5.82. The van der Waals surface area contributed by atoms with Crippen molar-refractivity contribution < 1.29 is 8.78 Å². The largest absolute Gasteiger partial charge is 0.316 e. The Morgan fingerprint density at radius 1 is 1.40 bits per heavy atom. The number of nitrogens with zero attached hydrogens (tertiary/aromatic N) is 1. The van der Waals surface area contributed by atoms with Gasteiger partial charge in [-0.15, -0.1) is 0 Å².